The lowest BCUT2D eigenvalue weighted by Crippen LogP contribution is -2.15. The lowest BCUT2D eigenvalue weighted by molar-refractivity contribution is -0.113. The lowest BCUT2D eigenvalue weighted by Gasteiger charge is -2.07. The number of aromatic amines is 1. The molecule has 30 heavy (non-hydrogen) atoms. The minimum atomic E-state index is -0.279. The van der Waals surface area contributed by atoms with Gasteiger partial charge in [0.25, 0.3) is 5.56 Å². The SMILES string of the molecule is Cc1ccc(-c2csc3nc(SCC(=O)Nc4cc(Cl)ccc4Cl)[nH]c(=O)c23)cc1. The monoisotopic (exact) mass is 475 g/mol. The van der Waals surface area contributed by atoms with Crippen molar-refractivity contribution in [2.45, 2.75) is 12.1 Å². The Labute approximate surface area is 190 Å². The van der Waals surface area contributed by atoms with Gasteiger partial charge in [-0.15, -0.1) is 11.3 Å². The van der Waals surface area contributed by atoms with Crippen molar-refractivity contribution in [2.75, 3.05) is 11.1 Å². The molecule has 0 aliphatic carbocycles. The lowest BCUT2D eigenvalue weighted by atomic mass is 10.1. The maximum absolute atomic E-state index is 12.7. The number of nitrogens with one attached hydrogen (secondary N) is 2. The average Bonchev–Trinajstić information content (AvgIpc) is 3.14. The van der Waals surface area contributed by atoms with E-state index in [1.54, 1.807) is 18.2 Å². The van der Waals surface area contributed by atoms with E-state index in [1.165, 1.54) is 11.3 Å². The molecule has 0 aliphatic heterocycles. The first-order valence-electron chi connectivity index (χ1n) is 8.87. The van der Waals surface area contributed by atoms with Gasteiger partial charge in [0.05, 0.1) is 21.8 Å². The van der Waals surface area contributed by atoms with Gasteiger partial charge in [0, 0.05) is 16.0 Å². The van der Waals surface area contributed by atoms with Crippen LogP contribution in [0, 0.1) is 6.92 Å². The quantitative estimate of drug-likeness (QED) is 0.274. The summed E-state index contributed by atoms with van der Waals surface area (Å²) in [5.74, 6) is -0.216. The Kier molecular flexibility index (Phi) is 6.15. The van der Waals surface area contributed by atoms with Gasteiger partial charge < -0.3 is 10.3 Å². The average molecular weight is 476 g/mol. The molecule has 1 amide bonds. The smallest absolute Gasteiger partial charge is 0.260 e. The number of fused-ring (bicyclic) bond motifs is 1. The zero-order valence-corrected chi connectivity index (χ0v) is 18.8. The number of thiophene rings is 1. The molecule has 0 unspecified atom stereocenters. The summed E-state index contributed by atoms with van der Waals surface area (Å²) >= 11 is 14.6. The first kappa shape index (κ1) is 20.9. The Balaban J connectivity index is 1.51. The van der Waals surface area contributed by atoms with E-state index in [1.807, 2.05) is 36.6 Å². The van der Waals surface area contributed by atoms with Crippen LogP contribution < -0.4 is 10.9 Å². The highest BCUT2D eigenvalue weighted by atomic mass is 35.5. The number of halogens is 2. The van der Waals surface area contributed by atoms with Crippen LogP contribution in [-0.2, 0) is 4.79 Å². The highest BCUT2D eigenvalue weighted by molar-refractivity contribution is 7.99. The van der Waals surface area contributed by atoms with Gasteiger partial charge in [-0.1, -0.05) is 64.8 Å². The first-order valence-corrected chi connectivity index (χ1v) is 11.5. The van der Waals surface area contributed by atoms with Crippen molar-refractivity contribution in [3.05, 3.63) is 73.8 Å². The number of H-pyrrole nitrogens is 1. The minimum Gasteiger partial charge on any atom is -0.324 e. The van der Waals surface area contributed by atoms with Gasteiger partial charge in [0.2, 0.25) is 5.91 Å². The van der Waals surface area contributed by atoms with Crippen molar-refractivity contribution >= 4 is 68.1 Å². The number of aryl methyl sites for hydroxylation is 1. The second-order valence-electron chi connectivity index (χ2n) is 6.53. The Bertz CT molecular complexity index is 1300. The molecule has 0 atom stereocenters. The Morgan fingerprint density at radius 3 is 2.73 bits per heavy atom. The summed E-state index contributed by atoms with van der Waals surface area (Å²) in [7, 11) is 0. The third-order valence-electron chi connectivity index (χ3n) is 4.33. The summed E-state index contributed by atoms with van der Waals surface area (Å²) in [6, 6.07) is 12.8. The third-order valence-corrected chi connectivity index (χ3v) is 6.64. The van der Waals surface area contributed by atoms with E-state index in [9.17, 15) is 9.59 Å². The number of anilines is 1. The fourth-order valence-corrected chi connectivity index (χ4v) is 4.86. The molecule has 0 radical (unpaired) electrons. The zero-order chi connectivity index (χ0) is 21.3. The third kappa shape index (κ3) is 4.54. The van der Waals surface area contributed by atoms with Crippen LogP contribution in [-0.4, -0.2) is 21.6 Å². The molecule has 2 N–H and O–H groups in total. The number of carbonyl (C=O) groups excluding carboxylic acids is 1. The van der Waals surface area contributed by atoms with Crippen molar-refractivity contribution in [3.8, 4) is 11.1 Å². The zero-order valence-electron chi connectivity index (χ0n) is 15.7. The Morgan fingerprint density at radius 1 is 1.20 bits per heavy atom. The maximum atomic E-state index is 12.7. The van der Waals surface area contributed by atoms with Crippen LogP contribution in [0.25, 0.3) is 21.3 Å². The molecular formula is C21H15Cl2N3O2S2. The van der Waals surface area contributed by atoms with Crippen LogP contribution in [0.4, 0.5) is 5.69 Å². The number of hydrogen-bond acceptors (Lipinski definition) is 5. The molecule has 0 spiro atoms. The van der Waals surface area contributed by atoms with E-state index in [0.717, 1.165) is 28.5 Å². The van der Waals surface area contributed by atoms with Gasteiger partial charge in [-0.2, -0.15) is 0 Å². The number of carbonyl (C=O) groups is 1. The van der Waals surface area contributed by atoms with Crippen molar-refractivity contribution in [1.29, 1.82) is 0 Å². The van der Waals surface area contributed by atoms with Gasteiger partial charge in [-0.3, -0.25) is 9.59 Å². The summed E-state index contributed by atoms with van der Waals surface area (Å²) in [4.78, 5) is 32.9. The molecule has 0 saturated carbocycles. The number of nitrogens with zero attached hydrogens (tertiary/aromatic N) is 1. The Hall–Kier alpha value is -2.32. The van der Waals surface area contributed by atoms with Crippen molar-refractivity contribution in [2.24, 2.45) is 0 Å². The van der Waals surface area contributed by atoms with Crippen LogP contribution in [0.15, 0.2) is 57.8 Å². The summed E-state index contributed by atoms with van der Waals surface area (Å²) in [5, 5.41) is 6.45. The second kappa shape index (κ2) is 8.81. The van der Waals surface area contributed by atoms with E-state index in [4.69, 9.17) is 23.2 Å². The van der Waals surface area contributed by atoms with Crippen LogP contribution >= 0.6 is 46.3 Å². The number of hydrogen-bond donors (Lipinski definition) is 2. The normalized spacial score (nSPS) is 11.0. The molecule has 5 nitrogen and oxygen atoms in total. The van der Waals surface area contributed by atoms with E-state index in [-0.39, 0.29) is 17.2 Å². The largest absolute Gasteiger partial charge is 0.324 e. The van der Waals surface area contributed by atoms with Gasteiger partial charge in [0.15, 0.2) is 5.16 Å². The number of benzene rings is 2. The summed E-state index contributed by atoms with van der Waals surface area (Å²) in [5.41, 5.74) is 3.19. The van der Waals surface area contributed by atoms with Gasteiger partial charge in [-0.25, -0.2) is 4.98 Å². The van der Waals surface area contributed by atoms with Gasteiger partial charge in [0.1, 0.15) is 4.83 Å². The number of thioether (sulfide) groups is 1. The highest BCUT2D eigenvalue weighted by Crippen LogP contribution is 2.32. The summed E-state index contributed by atoms with van der Waals surface area (Å²) < 4.78 is 0. The van der Waals surface area contributed by atoms with E-state index >= 15 is 0 Å². The minimum absolute atomic E-state index is 0.0630. The molecule has 152 valence electrons. The van der Waals surface area contributed by atoms with Crippen LogP contribution in [0.1, 0.15) is 5.56 Å². The van der Waals surface area contributed by atoms with Crippen LogP contribution in [0.5, 0.6) is 0 Å². The van der Waals surface area contributed by atoms with E-state index in [2.05, 4.69) is 15.3 Å². The molecule has 0 fully saturated rings. The summed E-state index contributed by atoms with van der Waals surface area (Å²) in [6.45, 7) is 2.02. The van der Waals surface area contributed by atoms with E-state index in [0.29, 0.717) is 31.1 Å². The molecule has 2 aromatic carbocycles. The fourth-order valence-electron chi connectivity index (χ4n) is 2.86. The molecular weight excluding hydrogens is 461 g/mol. The Morgan fingerprint density at radius 2 is 1.97 bits per heavy atom. The molecule has 0 aliphatic rings. The van der Waals surface area contributed by atoms with Gasteiger partial charge >= 0.3 is 0 Å². The predicted molar refractivity (Wildman–Crippen MR) is 126 cm³/mol. The molecule has 4 rings (SSSR count). The number of amides is 1. The van der Waals surface area contributed by atoms with Crippen molar-refractivity contribution in [1.82, 2.24) is 9.97 Å². The highest BCUT2D eigenvalue weighted by Gasteiger charge is 2.14. The van der Waals surface area contributed by atoms with Crippen LogP contribution in [0.3, 0.4) is 0 Å². The van der Waals surface area contributed by atoms with Gasteiger partial charge in [-0.05, 0) is 30.7 Å². The van der Waals surface area contributed by atoms with Crippen LogP contribution in [0.2, 0.25) is 10.0 Å². The summed E-state index contributed by atoms with van der Waals surface area (Å²) in [6.07, 6.45) is 0. The number of rotatable bonds is 5. The molecule has 2 heterocycles. The molecule has 0 bridgehead atoms. The van der Waals surface area contributed by atoms with E-state index < -0.39 is 0 Å². The standard InChI is InChI=1S/C21H15Cl2N3O2S2/c1-11-2-4-12(5-3-11)14-9-29-20-18(14)19(28)25-21(26-20)30-10-17(27)24-16-8-13(22)6-7-15(16)23/h2-9H,10H2,1H3,(H,24,27)(H,25,26,28). The number of aromatic nitrogens is 2. The topological polar surface area (TPSA) is 74.8 Å². The molecule has 9 heteroatoms. The molecule has 2 aromatic heterocycles. The predicted octanol–water partition coefficient (Wildman–Crippen LogP) is 6.00. The van der Waals surface area contributed by atoms with Crippen molar-refractivity contribution in [3.63, 3.8) is 0 Å². The maximum Gasteiger partial charge on any atom is 0.260 e. The first-order chi connectivity index (χ1) is 14.4. The molecule has 4 aromatic rings. The second-order valence-corrected chi connectivity index (χ2v) is 9.19. The molecule has 0 saturated heterocycles. The fraction of sp³-hybridized carbons (Fsp3) is 0.0952. The van der Waals surface area contributed by atoms with Crippen molar-refractivity contribution < 1.29 is 4.79 Å².